The first-order valence-corrected chi connectivity index (χ1v) is 7.94. The normalized spacial score (nSPS) is 17.4. The average Bonchev–Trinajstić information content (AvgIpc) is 3.16. The number of aromatic nitrogens is 1. The summed E-state index contributed by atoms with van der Waals surface area (Å²) in [6.45, 7) is 1.10. The van der Waals surface area contributed by atoms with Gasteiger partial charge in [-0.15, -0.1) is 0 Å². The molecule has 1 aromatic rings. The lowest BCUT2D eigenvalue weighted by atomic mass is 10.0. The Kier molecular flexibility index (Phi) is 4.45. The van der Waals surface area contributed by atoms with Crippen molar-refractivity contribution in [1.29, 1.82) is 0 Å². The number of ether oxygens (including phenoxy) is 1. The van der Waals surface area contributed by atoms with Crippen LogP contribution in [0.25, 0.3) is 0 Å². The maximum atomic E-state index is 12.1. The molecule has 1 aliphatic carbocycles. The van der Waals surface area contributed by atoms with E-state index in [1.807, 2.05) is 0 Å². The highest BCUT2D eigenvalue weighted by molar-refractivity contribution is 7.89. The first-order valence-electron chi connectivity index (χ1n) is 6.08. The summed E-state index contributed by atoms with van der Waals surface area (Å²) < 4.78 is 31.8. The second-order valence-corrected chi connectivity index (χ2v) is 7.04. The number of halogens is 1. The van der Waals surface area contributed by atoms with Gasteiger partial charge in [0.15, 0.2) is 0 Å². The Morgan fingerprint density at radius 3 is 2.74 bits per heavy atom. The van der Waals surface area contributed by atoms with Crippen LogP contribution in [-0.2, 0) is 14.8 Å². The van der Waals surface area contributed by atoms with E-state index in [1.54, 1.807) is 7.11 Å². The van der Waals surface area contributed by atoms with Gasteiger partial charge in [-0.25, -0.2) is 18.1 Å². The third kappa shape index (κ3) is 3.89. The predicted molar refractivity (Wildman–Crippen MR) is 72.6 cm³/mol. The van der Waals surface area contributed by atoms with E-state index < -0.39 is 10.0 Å². The van der Waals surface area contributed by atoms with Gasteiger partial charge in [-0.05, 0) is 36.8 Å². The summed E-state index contributed by atoms with van der Waals surface area (Å²) in [6, 6.07) is 2.92. The smallest absolute Gasteiger partial charge is 0.242 e. The Labute approximate surface area is 118 Å². The van der Waals surface area contributed by atoms with E-state index in [2.05, 4.69) is 9.71 Å². The predicted octanol–water partition coefficient (Wildman–Crippen LogP) is 1.83. The number of hydrogen-bond donors (Lipinski definition) is 1. The highest BCUT2D eigenvalue weighted by Gasteiger charge is 2.42. The molecule has 0 radical (unpaired) electrons. The van der Waals surface area contributed by atoms with Crippen molar-refractivity contribution in [1.82, 2.24) is 9.71 Å². The zero-order chi connectivity index (χ0) is 13.9. The molecule has 106 valence electrons. The van der Waals surface area contributed by atoms with Crippen LogP contribution >= 0.6 is 11.6 Å². The molecule has 1 heterocycles. The van der Waals surface area contributed by atoms with Crippen LogP contribution in [-0.4, -0.2) is 33.7 Å². The summed E-state index contributed by atoms with van der Waals surface area (Å²) in [5.41, 5.74) is 0.0724. The molecule has 0 amide bonds. The van der Waals surface area contributed by atoms with Gasteiger partial charge in [0, 0.05) is 26.5 Å². The number of pyridine rings is 1. The summed E-state index contributed by atoms with van der Waals surface area (Å²) in [5.74, 6) is 0. The molecule has 0 unspecified atom stereocenters. The van der Waals surface area contributed by atoms with Gasteiger partial charge in [0.25, 0.3) is 0 Å². The first kappa shape index (κ1) is 14.7. The van der Waals surface area contributed by atoms with Crippen molar-refractivity contribution in [2.75, 3.05) is 20.3 Å². The summed E-state index contributed by atoms with van der Waals surface area (Å²) in [7, 11) is -1.85. The molecule has 1 N–H and O–H groups in total. The van der Waals surface area contributed by atoms with E-state index >= 15 is 0 Å². The molecule has 0 bridgehead atoms. The minimum atomic E-state index is -3.51. The molecular weight excluding hydrogens is 288 g/mol. The average molecular weight is 305 g/mol. The van der Waals surface area contributed by atoms with Crippen LogP contribution in [0.1, 0.15) is 19.3 Å². The number of hydrogen-bond acceptors (Lipinski definition) is 4. The van der Waals surface area contributed by atoms with Crippen LogP contribution in [0.5, 0.6) is 0 Å². The SMILES string of the molecule is COCCC1(CNS(=O)(=O)c2ccc(Cl)nc2)CC1. The molecule has 0 aromatic carbocycles. The quantitative estimate of drug-likeness (QED) is 0.780. The third-order valence-corrected chi connectivity index (χ3v) is 5.05. The standard InChI is InChI=1S/C12H17ClN2O3S/c1-18-7-6-12(4-5-12)9-15-19(16,17)10-2-3-11(13)14-8-10/h2-3,8,15H,4-7,9H2,1H3. The van der Waals surface area contributed by atoms with Gasteiger partial charge in [0.05, 0.1) is 0 Å². The number of sulfonamides is 1. The minimum absolute atomic E-state index is 0.0724. The lowest BCUT2D eigenvalue weighted by Crippen LogP contribution is -2.31. The maximum Gasteiger partial charge on any atom is 0.242 e. The molecule has 0 aliphatic heterocycles. The Bertz CT molecular complexity index is 526. The van der Waals surface area contributed by atoms with E-state index in [1.165, 1.54) is 18.3 Å². The second kappa shape index (κ2) is 5.75. The molecule has 1 saturated carbocycles. The maximum absolute atomic E-state index is 12.1. The van der Waals surface area contributed by atoms with Crippen molar-refractivity contribution in [2.45, 2.75) is 24.2 Å². The van der Waals surface area contributed by atoms with E-state index in [0.717, 1.165) is 19.3 Å². The summed E-state index contributed by atoms with van der Waals surface area (Å²) in [4.78, 5) is 3.92. The van der Waals surface area contributed by atoms with Gasteiger partial charge in [0.1, 0.15) is 10.0 Å². The Balaban J connectivity index is 1.96. The van der Waals surface area contributed by atoms with E-state index in [-0.39, 0.29) is 15.5 Å². The molecule has 1 aromatic heterocycles. The van der Waals surface area contributed by atoms with Crippen LogP contribution in [0.3, 0.4) is 0 Å². The number of methoxy groups -OCH3 is 1. The number of rotatable bonds is 7. The molecule has 0 atom stereocenters. The summed E-state index contributed by atoms with van der Waals surface area (Å²) in [5, 5.41) is 0.276. The highest BCUT2D eigenvalue weighted by atomic mass is 35.5. The Morgan fingerprint density at radius 1 is 1.47 bits per heavy atom. The number of nitrogens with one attached hydrogen (secondary N) is 1. The molecule has 0 saturated heterocycles. The van der Waals surface area contributed by atoms with Gasteiger partial charge in [-0.1, -0.05) is 11.6 Å². The van der Waals surface area contributed by atoms with Gasteiger partial charge in [0.2, 0.25) is 10.0 Å². The zero-order valence-corrected chi connectivity index (χ0v) is 12.3. The Morgan fingerprint density at radius 2 is 2.21 bits per heavy atom. The molecule has 7 heteroatoms. The largest absolute Gasteiger partial charge is 0.385 e. The van der Waals surface area contributed by atoms with Crippen LogP contribution in [0.2, 0.25) is 5.15 Å². The van der Waals surface area contributed by atoms with Crippen molar-refractivity contribution in [3.05, 3.63) is 23.5 Å². The topological polar surface area (TPSA) is 68.3 Å². The van der Waals surface area contributed by atoms with Gasteiger partial charge >= 0.3 is 0 Å². The first-order chi connectivity index (χ1) is 8.97. The molecule has 5 nitrogen and oxygen atoms in total. The monoisotopic (exact) mass is 304 g/mol. The fourth-order valence-corrected chi connectivity index (χ4v) is 3.08. The summed E-state index contributed by atoms with van der Waals surface area (Å²) >= 11 is 5.64. The van der Waals surface area contributed by atoms with Gasteiger partial charge < -0.3 is 4.74 Å². The van der Waals surface area contributed by atoms with Gasteiger partial charge in [-0.3, -0.25) is 0 Å². The lowest BCUT2D eigenvalue weighted by molar-refractivity contribution is 0.173. The Hall–Kier alpha value is -0.690. The second-order valence-electron chi connectivity index (χ2n) is 4.88. The molecule has 2 rings (SSSR count). The molecular formula is C12H17ClN2O3S. The molecule has 1 fully saturated rings. The molecule has 0 spiro atoms. The van der Waals surface area contributed by atoms with Crippen LogP contribution in [0.15, 0.2) is 23.2 Å². The highest BCUT2D eigenvalue weighted by Crippen LogP contribution is 2.48. The third-order valence-electron chi connectivity index (χ3n) is 3.44. The zero-order valence-electron chi connectivity index (χ0n) is 10.7. The minimum Gasteiger partial charge on any atom is -0.385 e. The van der Waals surface area contributed by atoms with Crippen molar-refractivity contribution < 1.29 is 13.2 Å². The van der Waals surface area contributed by atoms with E-state index in [9.17, 15) is 8.42 Å². The van der Waals surface area contributed by atoms with E-state index in [4.69, 9.17) is 16.3 Å². The van der Waals surface area contributed by atoms with Crippen LogP contribution in [0.4, 0.5) is 0 Å². The van der Waals surface area contributed by atoms with Crippen molar-refractivity contribution >= 4 is 21.6 Å². The lowest BCUT2D eigenvalue weighted by Gasteiger charge is -2.15. The van der Waals surface area contributed by atoms with Gasteiger partial charge in [-0.2, -0.15) is 0 Å². The van der Waals surface area contributed by atoms with E-state index in [0.29, 0.717) is 13.2 Å². The fraction of sp³-hybridized carbons (Fsp3) is 0.583. The van der Waals surface area contributed by atoms with Crippen molar-refractivity contribution in [3.8, 4) is 0 Å². The molecule has 19 heavy (non-hydrogen) atoms. The summed E-state index contributed by atoms with van der Waals surface area (Å²) in [6.07, 6.45) is 4.22. The number of nitrogens with zero attached hydrogens (tertiary/aromatic N) is 1. The van der Waals surface area contributed by atoms with Crippen molar-refractivity contribution in [3.63, 3.8) is 0 Å². The van der Waals surface area contributed by atoms with Crippen LogP contribution in [0, 0.1) is 5.41 Å². The molecule has 1 aliphatic rings. The van der Waals surface area contributed by atoms with Crippen LogP contribution < -0.4 is 4.72 Å². The fourth-order valence-electron chi connectivity index (χ4n) is 1.86. The van der Waals surface area contributed by atoms with Crippen molar-refractivity contribution in [2.24, 2.45) is 5.41 Å².